The first-order valence-corrected chi connectivity index (χ1v) is 5.41. The SMILES string of the molecule is N#CC1(COCc2ccccc2)COCC1=O. The Labute approximate surface area is 99.8 Å². The van der Waals surface area contributed by atoms with E-state index in [0.29, 0.717) is 6.61 Å². The Kier molecular flexibility index (Phi) is 3.52. The zero-order valence-electron chi connectivity index (χ0n) is 9.39. The zero-order chi connectivity index (χ0) is 12.1. The molecular weight excluding hydrogens is 218 g/mol. The van der Waals surface area contributed by atoms with Gasteiger partial charge in [0.15, 0.2) is 11.2 Å². The van der Waals surface area contributed by atoms with Gasteiger partial charge in [-0.15, -0.1) is 0 Å². The van der Waals surface area contributed by atoms with Crippen molar-refractivity contribution in [3.8, 4) is 6.07 Å². The van der Waals surface area contributed by atoms with Crippen LogP contribution in [-0.4, -0.2) is 25.6 Å². The summed E-state index contributed by atoms with van der Waals surface area (Å²) in [7, 11) is 0. The Morgan fingerprint density at radius 3 is 2.76 bits per heavy atom. The van der Waals surface area contributed by atoms with E-state index in [2.05, 4.69) is 0 Å². The molecule has 0 aromatic heterocycles. The highest BCUT2D eigenvalue weighted by molar-refractivity contribution is 5.90. The summed E-state index contributed by atoms with van der Waals surface area (Å²) in [6.07, 6.45) is 0. The maximum absolute atomic E-state index is 11.5. The van der Waals surface area contributed by atoms with Crippen molar-refractivity contribution < 1.29 is 14.3 Å². The van der Waals surface area contributed by atoms with Gasteiger partial charge in [0.1, 0.15) is 6.61 Å². The second-order valence-corrected chi connectivity index (χ2v) is 4.09. The van der Waals surface area contributed by atoms with Crippen LogP contribution in [0.15, 0.2) is 30.3 Å². The van der Waals surface area contributed by atoms with Crippen molar-refractivity contribution >= 4 is 5.78 Å². The van der Waals surface area contributed by atoms with Crippen LogP contribution in [0.25, 0.3) is 0 Å². The largest absolute Gasteiger partial charge is 0.375 e. The summed E-state index contributed by atoms with van der Waals surface area (Å²) in [5.74, 6) is -0.187. The van der Waals surface area contributed by atoms with Crippen molar-refractivity contribution in [3.63, 3.8) is 0 Å². The Balaban J connectivity index is 1.90. The van der Waals surface area contributed by atoms with Gasteiger partial charge in [-0.1, -0.05) is 30.3 Å². The lowest BCUT2D eigenvalue weighted by molar-refractivity contribution is -0.124. The van der Waals surface area contributed by atoms with Gasteiger partial charge < -0.3 is 9.47 Å². The third-order valence-corrected chi connectivity index (χ3v) is 2.79. The van der Waals surface area contributed by atoms with E-state index < -0.39 is 5.41 Å². The Hall–Kier alpha value is -1.70. The molecule has 0 bridgehead atoms. The highest BCUT2D eigenvalue weighted by Crippen LogP contribution is 2.25. The molecule has 1 aromatic carbocycles. The van der Waals surface area contributed by atoms with Crippen molar-refractivity contribution in [1.82, 2.24) is 0 Å². The molecule has 1 heterocycles. The molecule has 2 rings (SSSR count). The molecule has 0 aliphatic carbocycles. The molecular formula is C13H13NO3. The first-order chi connectivity index (χ1) is 8.27. The number of hydrogen-bond donors (Lipinski definition) is 0. The Morgan fingerprint density at radius 2 is 2.18 bits per heavy atom. The number of hydrogen-bond acceptors (Lipinski definition) is 4. The second-order valence-electron chi connectivity index (χ2n) is 4.09. The number of carbonyl (C=O) groups is 1. The van der Waals surface area contributed by atoms with Gasteiger partial charge in [-0.05, 0) is 5.56 Å². The topological polar surface area (TPSA) is 59.3 Å². The van der Waals surface area contributed by atoms with E-state index in [9.17, 15) is 4.79 Å². The number of rotatable bonds is 4. The number of ether oxygens (including phenoxy) is 2. The number of nitriles is 1. The van der Waals surface area contributed by atoms with Crippen LogP contribution >= 0.6 is 0 Å². The molecule has 1 saturated heterocycles. The van der Waals surface area contributed by atoms with E-state index in [-0.39, 0.29) is 25.6 Å². The number of ketones is 1. The second kappa shape index (κ2) is 5.09. The molecule has 1 atom stereocenters. The smallest absolute Gasteiger partial charge is 0.183 e. The molecule has 17 heavy (non-hydrogen) atoms. The fourth-order valence-corrected chi connectivity index (χ4v) is 1.70. The molecule has 0 radical (unpaired) electrons. The van der Waals surface area contributed by atoms with Crippen LogP contribution in [0, 0.1) is 16.7 Å². The highest BCUT2D eigenvalue weighted by atomic mass is 16.5. The average molecular weight is 231 g/mol. The van der Waals surface area contributed by atoms with Crippen LogP contribution < -0.4 is 0 Å². The van der Waals surface area contributed by atoms with E-state index in [0.717, 1.165) is 5.56 Å². The van der Waals surface area contributed by atoms with Crippen LogP contribution in [0.4, 0.5) is 0 Å². The number of carbonyl (C=O) groups excluding carboxylic acids is 1. The molecule has 1 aliphatic heterocycles. The lowest BCUT2D eigenvalue weighted by Crippen LogP contribution is -2.33. The van der Waals surface area contributed by atoms with Crippen molar-refractivity contribution in [3.05, 3.63) is 35.9 Å². The van der Waals surface area contributed by atoms with Crippen molar-refractivity contribution in [2.24, 2.45) is 5.41 Å². The summed E-state index contributed by atoms with van der Waals surface area (Å²) in [4.78, 5) is 11.5. The van der Waals surface area contributed by atoms with Gasteiger partial charge in [0.2, 0.25) is 0 Å². The summed E-state index contributed by atoms with van der Waals surface area (Å²) in [6, 6.07) is 11.7. The molecule has 4 nitrogen and oxygen atoms in total. The molecule has 1 aliphatic rings. The number of Topliss-reactive ketones (excluding diaryl/α,β-unsaturated/α-hetero) is 1. The van der Waals surface area contributed by atoms with Gasteiger partial charge in [-0.3, -0.25) is 4.79 Å². The standard InChI is InChI=1S/C13H13NO3/c14-8-13(10-17-7-12(13)15)9-16-6-11-4-2-1-3-5-11/h1-5H,6-7,9-10H2. The summed E-state index contributed by atoms with van der Waals surface area (Å²) in [5.41, 5.74) is -0.0821. The third kappa shape index (κ3) is 2.52. The molecule has 1 aromatic rings. The van der Waals surface area contributed by atoms with Gasteiger partial charge in [-0.2, -0.15) is 5.26 Å². The third-order valence-electron chi connectivity index (χ3n) is 2.79. The predicted molar refractivity (Wildman–Crippen MR) is 60.0 cm³/mol. The molecule has 0 amide bonds. The molecule has 1 fully saturated rings. The minimum Gasteiger partial charge on any atom is -0.375 e. The van der Waals surface area contributed by atoms with Gasteiger partial charge >= 0.3 is 0 Å². The number of nitrogens with zero attached hydrogens (tertiary/aromatic N) is 1. The summed E-state index contributed by atoms with van der Waals surface area (Å²) < 4.78 is 10.5. The molecule has 0 spiro atoms. The molecule has 88 valence electrons. The Bertz CT molecular complexity index is 438. The summed E-state index contributed by atoms with van der Waals surface area (Å²) in [5, 5.41) is 9.05. The van der Waals surface area contributed by atoms with E-state index in [1.807, 2.05) is 36.4 Å². The van der Waals surface area contributed by atoms with Crippen molar-refractivity contribution in [2.75, 3.05) is 19.8 Å². The Morgan fingerprint density at radius 1 is 1.41 bits per heavy atom. The first kappa shape index (κ1) is 11.8. The molecule has 0 saturated carbocycles. The average Bonchev–Trinajstić information content (AvgIpc) is 2.73. The first-order valence-electron chi connectivity index (χ1n) is 5.41. The fraction of sp³-hybridized carbons (Fsp3) is 0.385. The quantitative estimate of drug-likeness (QED) is 0.784. The lowest BCUT2D eigenvalue weighted by Gasteiger charge is -2.16. The van der Waals surface area contributed by atoms with E-state index >= 15 is 0 Å². The van der Waals surface area contributed by atoms with Crippen LogP contribution in [0.5, 0.6) is 0 Å². The molecule has 1 unspecified atom stereocenters. The minimum atomic E-state index is -1.10. The van der Waals surface area contributed by atoms with Gasteiger partial charge in [0.25, 0.3) is 0 Å². The monoisotopic (exact) mass is 231 g/mol. The summed E-state index contributed by atoms with van der Waals surface area (Å²) >= 11 is 0. The minimum absolute atomic E-state index is 0.0161. The summed E-state index contributed by atoms with van der Waals surface area (Å²) in [6.45, 7) is 0.647. The maximum Gasteiger partial charge on any atom is 0.183 e. The number of benzene rings is 1. The van der Waals surface area contributed by atoms with Crippen LogP contribution in [0.1, 0.15) is 5.56 Å². The fourth-order valence-electron chi connectivity index (χ4n) is 1.70. The van der Waals surface area contributed by atoms with E-state index in [1.54, 1.807) is 0 Å². The molecule has 0 N–H and O–H groups in total. The van der Waals surface area contributed by atoms with Gasteiger partial charge in [0, 0.05) is 0 Å². The highest BCUT2D eigenvalue weighted by Gasteiger charge is 2.44. The molecule has 4 heteroatoms. The predicted octanol–water partition coefficient (Wildman–Crippen LogP) is 1.31. The van der Waals surface area contributed by atoms with Gasteiger partial charge in [0.05, 0.1) is 25.9 Å². The van der Waals surface area contributed by atoms with Crippen LogP contribution in [0.2, 0.25) is 0 Å². The van der Waals surface area contributed by atoms with Crippen molar-refractivity contribution in [2.45, 2.75) is 6.61 Å². The van der Waals surface area contributed by atoms with Crippen molar-refractivity contribution in [1.29, 1.82) is 5.26 Å². The van der Waals surface area contributed by atoms with Gasteiger partial charge in [-0.25, -0.2) is 0 Å². The van der Waals surface area contributed by atoms with E-state index in [1.165, 1.54) is 0 Å². The normalized spacial score (nSPS) is 23.6. The van der Waals surface area contributed by atoms with Crippen LogP contribution in [0.3, 0.4) is 0 Å². The zero-order valence-corrected chi connectivity index (χ0v) is 9.39. The lowest BCUT2D eigenvalue weighted by atomic mass is 9.89. The van der Waals surface area contributed by atoms with E-state index in [4.69, 9.17) is 14.7 Å². The van der Waals surface area contributed by atoms with Crippen LogP contribution in [-0.2, 0) is 20.9 Å². The maximum atomic E-state index is 11.5.